The van der Waals surface area contributed by atoms with Crippen LogP contribution in [0.15, 0.2) is 47.4 Å². The van der Waals surface area contributed by atoms with Crippen molar-refractivity contribution in [2.45, 2.75) is 11.4 Å². The van der Waals surface area contributed by atoms with Gasteiger partial charge >= 0.3 is 0 Å². The second kappa shape index (κ2) is 6.87. The second-order valence-corrected chi connectivity index (χ2v) is 6.10. The normalized spacial score (nSPS) is 10.4. The molecule has 0 unspecified atom stereocenters. The predicted octanol–water partition coefficient (Wildman–Crippen LogP) is 3.92. The Morgan fingerprint density at radius 2 is 1.90 bits per heavy atom. The number of carbonyl (C=O) groups is 1. The third-order valence-electron chi connectivity index (χ3n) is 3.09. The van der Waals surface area contributed by atoms with Gasteiger partial charge in [0.1, 0.15) is 0 Å². The summed E-state index contributed by atoms with van der Waals surface area (Å²) in [6.45, 7) is 0.542. The first-order valence-electron chi connectivity index (χ1n) is 6.44. The fraction of sp³-hybridized carbons (Fsp3) is 0.188. The van der Waals surface area contributed by atoms with E-state index in [0.29, 0.717) is 22.8 Å². The number of halogens is 1. The summed E-state index contributed by atoms with van der Waals surface area (Å²) in [4.78, 5) is 15.2. The van der Waals surface area contributed by atoms with Crippen LogP contribution < -0.4 is 5.73 Å². The molecule has 2 aromatic rings. The Kier molecular flexibility index (Phi) is 5.15. The van der Waals surface area contributed by atoms with Crippen LogP contribution in [0.25, 0.3) is 0 Å². The highest BCUT2D eigenvalue weighted by Gasteiger charge is 2.13. The number of anilines is 1. The summed E-state index contributed by atoms with van der Waals surface area (Å²) in [6.07, 6.45) is 2.04. The molecule has 0 saturated heterocycles. The standard InChI is InChI=1S/C16H17ClN2OS/c1-19(10-11-3-5-15(21-2)6-4-11)16(20)12-7-13(17)9-14(18)8-12/h3-9H,10,18H2,1-2H3. The molecule has 2 rings (SSSR count). The van der Waals surface area contributed by atoms with Gasteiger partial charge in [-0.1, -0.05) is 23.7 Å². The summed E-state index contributed by atoms with van der Waals surface area (Å²) in [7, 11) is 1.77. The highest BCUT2D eigenvalue weighted by molar-refractivity contribution is 7.98. The van der Waals surface area contributed by atoms with Crippen molar-refractivity contribution in [3.63, 3.8) is 0 Å². The molecule has 2 aromatic carbocycles. The molecule has 0 spiro atoms. The molecule has 0 saturated carbocycles. The van der Waals surface area contributed by atoms with Crippen LogP contribution in [-0.2, 0) is 6.54 Å². The number of nitrogens with zero attached hydrogens (tertiary/aromatic N) is 1. The Morgan fingerprint density at radius 1 is 1.24 bits per heavy atom. The lowest BCUT2D eigenvalue weighted by atomic mass is 10.1. The maximum absolute atomic E-state index is 12.4. The molecule has 0 aliphatic rings. The third-order valence-corrected chi connectivity index (χ3v) is 4.05. The van der Waals surface area contributed by atoms with Crippen LogP contribution in [-0.4, -0.2) is 24.1 Å². The largest absolute Gasteiger partial charge is 0.399 e. The van der Waals surface area contributed by atoms with Crippen LogP contribution in [0.1, 0.15) is 15.9 Å². The van der Waals surface area contributed by atoms with E-state index >= 15 is 0 Å². The number of rotatable bonds is 4. The molecular weight excluding hydrogens is 304 g/mol. The highest BCUT2D eigenvalue weighted by Crippen LogP contribution is 2.19. The summed E-state index contributed by atoms with van der Waals surface area (Å²) in [5.41, 5.74) is 7.80. The average molecular weight is 321 g/mol. The quantitative estimate of drug-likeness (QED) is 0.686. The predicted molar refractivity (Wildman–Crippen MR) is 89.9 cm³/mol. The molecule has 0 heterocycles. The number of amides is 1. The zero-order valence-electron chi connectivity index (χ0n) is 12.0. The maximum Gasteiger partial charge on any atom is 0.254 e. The van der Waals surface area contributed by atoms with Crippen molar-refractivity contribution < 1.29 is 4.79 Å². The number of carbonyl (C=O) groups excluding carboxylic acids is 1. The molecule has 0 aliphatic heterocycles. The van der Waals surface area contributed by atoms with Gasteiger partial charge in [-0.2, -0.15) is 0 Å². The minimum absolute atomic E-state index is 0.0989. The zero-order valence-corrected chi connectivity index (χ0v) is 13.5. The fourth-order valence-electron chi connectivity index (χ4n) is 2.03. The molecule has 0 fully saturated rings. The van der Waals surface area contributed by atoms with Crippen molar-refractivity contribution in [1.29, 1.82) is 0 Å². The Labute approximate surface area is 134 Å². The minimum atomic E-state index is -0.0989. The van der Waals surface area contributed by atoms with Crippen molar-refractivity contribution in [3.05, 3.63) is 58.6 Å². The summed E-state index contributed by atoms with van der Waals surface area (Å²) in [6, 6.07) is 13.1. The minimum Gasteiger partial charge on any atom is -0.399 e. The molecule has 0 atom stereocenters. The smallest absolute Gasteiger partial charge is 0.254 e. The molecule has 3 nitrogen and oxygen atoms in total. The monoisotopic (exact) mass is 320 g/mol. The van der Waals surface area contributed by atoms with Crippen molar-refractivity contribution in [1.82, 2.24) is 4.90 Å². The fourth-order valence-corrected chi connectivity index (χ4v) is 2.68. The number of nitrogen functional groups attached to an aromatic ring is 1. The van der Waals surface area contributed by atoms with Crippen molar-refractivity contribution >= 4 is 35.0 Å². The molecule has 21 heavy (non-hydrogen) atoms. The van der Waals surface area contributed by atoms with Gasteiger partial charge in [0.05, 0.1) is 0 Å². The molecule has 2 N–H and O–H groups in total. The van der Waals surface area contributed by atoms with Gasteiger partial charge in [0.15, 0.2) is 0 Å². The van der Waals surface area contributed by atoms with E-state index in [-0.39, 0.29) is 5.91 Å². The molecule has 0 aromatic heterocycles. The summed E-state index contributed by atoms with van der Waals surface area (Å²) in [5.74, 6) is -0.0989. The first-order valence-corrected chi connectivity index (χ1v) is 8.04. The number of hydrogen-bond donors (Lipinski definition) is 1. The number of nitrogens with two attached hydrogens (primary N) is 1. The summed E-state index contributed by atoms with van der Waals surface area (Å²) < 4.78 is 0. The van der Waals surface area contributed by atoms with E-state index in [1.54, 1.807) is 41.9 Å². The van der Waals surface area contributed by atoms with Crippen LogP contribution in [0, 0.1) is 0 Å². The van der Waals surface area contributed by atoms with E-state index < -0.39 is 0 Å². The van der Waals surface area contributed by atoms with Gasteiger partial charge in [-0.3, -0.25) is 4.79 Å². The van der Waals surface area contributed by atoms with E-state index in [0.717, 1.165) is 5.56 Å². The number of hydrogen-bond acceptors (Lipinski definition) is 3. The van der Waals surface area contributed by atoms with Gasteiger partial charge in [0.2, 0.25) is 0 Å². The van der Waals surface area contributed by atoms with E-state index in [1.165, 1.54) is 4.90 Å². The SMILES string of the molecule is CSc1ccc(CN(C)C(=O)c2cc(N)cc(Cl)c2)cc1. The molecule has 0 bridgehead atoms. The van der Waals surface area contributed by atoms with Crippen LogP contribution in [0.2, 0.25) is 5.02 Å². The Bertz CT molecular complexity index is 623. The van der Waals surface area contributed by atoms with Crippen molar-refractivity contribution in [2.24, 2.45) is 0 Å². The van der Waals surface area contributed by atoms with E-state index in [1.807, 2.05) is 18.4 Å². The third kappa shape index (κ3) is 4.16. The van der Waals surface area contributed by atoms with Crippen LogP contribution in [0.4, 0.5) is 5.69 Å². The molecule has 110 valence electrons. The Balaban J connectivity index is 2.11. The van der Waals surface area contributed by atoms with Gasteiger partial charge in [-0.15, -0.1) is 11.8 Å². The molecular formula is C16H17ClN2OS. The van der Waals surface area contributed by atoms with Gasteiger partial charge in [0, 0.05) is 34.8 Å². The van der Waals surface area contributed by atoms with Gasteiger partial charge in [-0.05, 0) is 42.2 Å². The van der Waals surface area contributed by atoms with E-state index in [9.17, 15) is 4.79 Å². The lowest BCUT2D eigenvalue weighted by molar-refractivity contribution is 0.0785. The van der Waals surface area contributed by atoms with Crippen LogP contribution in [0.5, 0.6) is 0 Å². The summed E-state index contributed by atoms with van der Waals surface area (Å²) >= 11 is 7.63. The molecule has 1 amide bonds. The van der Waals surface area contributed by atoms with E-state index in [4.69, 9.17) is 17.3 Å². The Morgan fingerprint density at radius 3 is 2.48 bits per heavy atom. The summed E-state index contributed by atoms with van der Waals surface area (Å²) in [5, 5.41) is 0.469. The Hall–Kier alpha value is -1.65. The number of thioether (sulfide) groups is 1. The van der Waals surface area contributed by atoms with Gasteiger partial charge in [-0.25, -0.2) is 0 Å². The van der Waals surface area contributed by atoms with E-state index in [2.05, 4.69) is 12.1 Å². The lowest BCUT2D eigenvalue weighted by Crippen LogP contribution is -2.26. The topological polar surface area (TPSA) is 46.3 Å². The van der Waals surface area contributed by atoms with Crippen LogP contribution in [0.3, 0.4) is 0 Å². The molecule has 0 radical (unpaired) electrons. The first kappa shape index (κ1) is 15.7. The lowest BCUT2D eigenvalue weighted by Gasteiger charge is -2.18. The average Bonchev–Trinajstić information content (AvgIpc) is 2.46. The highest BCUT2D eigenvalue weighted by atomic mass is 35.5. The van der Waals surface area contributed by atoms with Gasteiger partial charge in [0.25, 0.3) is 5.91 Å². The van der Waals surface area contributed by atoms with Gasteiger partial charge < -0.3 is 10.6 Å². The molecule has 5 heteroatoms. The second-order valence-electron chi connectivity index (χ2n) is 4.78. The first-order chi connectivity index (χ1) is 9.99. The zero-order chi connectivity index (χ0) is 15.4. The van der Waals surface area contributed by atoms with Crippen molar-refractivity contribution in [2.75, 3.05) is 19.0 Å². The molecule has 0 aliphatic carbocycles. The van der Waals surface area contributed by atoms with Crippen molar-refractivity contribution in [3.8, 4) is 0 Å². The van der Waals surface area contributed by atoms with Crippen LogP contribution >= 0.6 is 23.4 Å². The number of benzene rings is 2. The maximum atomic E-state index is 12.4.